The minimum Gasteiger partial charge on any atom is -0.358 e. The fourth-order valence-corrected chi connectivity index (χ4v) is 5.78. The first-order valence-corrected chi connectivity index (χ1v) is 13.0. The van der Waals surface area contributed by atoms with Crippen LogP contribution in [0.25, 0.3) is 27.6 Å². The third-order valence-electron chi connectivity index (χ3n) is 6.77. The number of thioether (sulfide) groups is 1. The van der Waals surface area contributed by atoms with Crippen LogP contribution in [0, 0.1) is 0 Å². The van der Waals surface area contributed by atoms with Crippen molar-refractivity contribution in [3.8, 4) is 0 Å². The molecule has 0 radical (unpaired) electrons. The Hall–Kier alpha value is -3.59. The molecule has 0 bridgehead atoms. The van der Waals surface area contributed by atoms with Crippen LogP contribution in [0.2, 0.25) is 0 Å². The number of rotatable bonds is 6. The van der Waals surface area contributed by atoms with E-state index in [9.17, 15) is 9.59 Å². The van der Waals surface area contributed by atoms with Gasteiger partial charge in [-0.05, 0) is 24.6 Å². The smallest absolute Gasteiger partial charge is 0.262 e. The van der Waals surface area contributed by atoms with Gasteiger partial charge in [-0.2, -0.15) is 0 Å². The van der Waals surface area contributed by atoms with Crippen molar-refractivity contribution in [2.45, 2.75) is 44.4 Å². The molecule has 1 N–H and O–H groups in total. The van der Waals surface area contributed by atoms with Gasteiger partial charge in [0.05, 0.1) is 16.7 Å². The molecule has 0 fully saturated rings. The van der Waals surface area contributed by atoms with E-state index in [0.717, 1.165) is 30.3 Å². The van der Waals surface area contributed by atoms with Crippen LogP contribution >= 0.6 is 11.8 Å². The van der Waals surface area contributed by atoms with Gasteiger partial charge in [0.25, 0.3) is 5.56 Å². The van der Waals surface area contributed by atoms with Crippen molar-refractivity contribution in [3.63, 3.8) is 0 Å². The highest BCUT2D eigenvalue weighted by Gasteiger charge is 2.25. The summed E-state index contributed by atoms with van der Waals surface area (Å²) in [5, 5.41) is 11.2. The van der Waals surface area contributed by atoms with Crippen LogP contribution in [0.15, 0.2) is 58.5 Å². The fourth-order valence-electron chi connectivity index (χ4n) is 4.94. The van der Waals surface area contributed by atoms with Crippen LogP contribution in [0.5, 0.6) is 0 Å². The number of fused-ring (bicyclic) bond motifs is 6. The number of benzene rings is 2. The number of unbranched alkanes of at least 4 members (excludes halogenated alkanes) is 1. The third-order valence-corrected chi connectivity index (χ3v) is 7.69. The average Bonchev–Trinajstić information content (AvgIpc) is 3.48. The summed E-state index contributed by atoms with van der Waals surface area (Å²) in [6, 6.07) is 15.8. The molecule has 9 heteroatoms. The Kier molecular flexibility index (Phi) is 5.56. The summed E-state index contributed by atoms with van der Waals surface area (Å²) in [6.45, 7) is 3.99. The van der Waals surface area contributed by atoms with Gasteiger partial charge >= 0.3 is 0 Å². The van der Waals surface area contributed by atoms with E-state index in [2.05, 4.69) is 34.2 Å². The highest BCUT2D eigenvalue weighted by Crippen LogP contribution is 2.28. The van der Waals surface area contributed by atoms with Gasteiger partial charge in [-0.25, -0.2) is 0 Å². The maximum atomic E-state index is 13.2. The zero-order valence-corrected chi connectivity index (χ0v) is 20.3. The molecule has 0 spiro atoms. The zero-order chi connectivity index (χ0) is 23.9. The Balaban J connectivity index is 1.28. The van der Waals surface area contributed by atoms with Crippen LogP contribution < -0.4 is 5.56 Å². The quantitative estimate of drug-likeness (QED) is 0.367. The number of hydrogen-bond acceptors (Lipinski definition) is 5. The van der Waals surface area contributed by atoms with Crippen LogP contribution in [-0.2, 0) is 24.3 Å². The van der Waals surface area contributed by atoms with Gasteiger partial charge in [0.1, 0.15) is 0 Å². The molecule has 5 aromatic rings. The van der Waals surface area contributed by atoms with Gasteiger partial charge in [-0.15, -0.1) is 10.2 Å². The molecule has 0 saturated heterocycles. The normalized spacial score (nSPS) is 13.7. The molecule has 0 saturated carbocycles. The first kappa shape index (κ1) is 21.9. The second-order valence-corrected chi connectivity index (χ2v) is 9.87. The van der Waals surface area contributed by atoms with E-state index in [-0.39, 0.29) is 17.2 Å². The molecule has 4 heterocycles. The summed E-state index contributed by atoms with van der Waals surface area (Å²) in [7, 11) is 0. The molecular weight excluding hydrogens is 460 g/mol. The lowest BCUT2D eigenvalue weighted by Crippen LogP contribution is -2.36. The number of hydrogen-bond donors (Lipinski definition) is 1. The molecule has 2 aromatic carbocycles. The first-order valence-electron chi connectivity index (χ1n) is 12.0. The number of aryl methyl sites for hydroxylation is 1. The molecule has 3 aromatic heterocycles. The molecular formula is C26H26N6O2S. The highest BCUT2D eigenvalue weighted by molar-refractivity contribution is 7.99. The van der Waals surface area contributed by atoms with Crippen molar-refractivity contribution in [1.82, 2.24) is 29.0 Å². The van der Waals surface area contributed by atoms with E-state index in [4.69, 9.17) is 0 Å². The highest BCUT2D eigenvalue weighted by atomic mass is 32.2. The van der Waals surface area contributed by atoms with Gasteiger partial charge in [-0.3, -0.25) is 18.6 Å². The van der Waals surface area contributed by atoms with Gasteiger partial charge < -0.3 is 9.88 Å². The monoisotopic (exact) mass is 486 g/mol. The predicted octanol–water partition coefficient (Wildman–Crippen LogP) is 4.00. The van der Waals surface area contributed by atoms with Crippen LogP contribution in [-0.4, -0.2) is 47.3 Å². The van der Waals surface area contributed by atoms with E-state index in [1.165, 1.54) is 28.4 Å². The van der Waals surface area contributed by atoms with Gasteiger partial charge in [0.2, 0.25) is 11.7 Å². The first-order chi connectivity index (χ1) is 17.2. The molecule has 0 aliphatic carbocycles. The van der Waals surface area contributed by atoms with E-state index in [1.54, 1.807) is 4.57 Å². The van der Waals surface area contributed by atoms with Gasteiger partial charge in [0, 0.05) is 48.2 Å². The average molecular weight is 487 g/mol. The molecule has 0 unspecified atom stereocenters. The Labute approximate surface area is 206 Å². The van der Waals surface area contributed by atoms with Crippen molar-refractivity contribution < 1.29 is 4.79 Å². The summed E-state index contributed by atoms with van der Waals surface area (Å²) in [4.78, 5) is 31.7. The van der Waals surface area contributed by atoms with Crippen LogP contribution in [0.1, 0.15) is 31.0 Å². The number of H-pyrrole nitrogens is 1. The second kappa shape index (κ2) is 8.88. The molecule has 6 rings (SSSR count). The zero-order valence-electron chi connectivity index (χ0n) is 19.5. The minimum atomic E-state index is -0.0515. The summed E-state index contributed by atoms with van der Waals surface area (Å²) in [6.07, 6.45) is 2.68. The number of carbonyl (C=O) groups is 1. The summed E-state index contributed by atoms with van der Waals surface area (Å²) >= 11 is 1.37. The molecule has 1 aliphatic heterocycles. The number of amides is 1. The standard InChI is InChI=1S/C26H26N6O2S/c1-2-3-13-31-24(34)18-9-5-7-11-22(18)32-25(31)28-29-26(32)35-16-23(33)30-14-12-21-19(15-30)17-8-4-6-10-20(17)27-21/h4-11,27H,2-3,12-16H2,1H3. The SMILES string of the molecule is CCCCn1c(=O)c2ccccc2n2c(SCC(=O)N3CCc4[nH]c5ccccc5c4C3)nnc12. The summed E-state index contributed by atoms with van der Waals surface area (Å²) in [5.74, 6) is 0.866. The Bertz CT molecular complexity index is 1630. The topological polar surface area (TPSA) is 88.3 Å². The third kappa shape index (κ3) is 3.70. The van der Waals surface area contributed by atoms with Crippen molar-refractivity contribution in [3.05, 3.63) is 70.1 Å². The molecule has 0 atom stereocenters. The summed E-state index contributed by atoms with van der Waals surface area (Å²) < 4.78 is 3.62. The number of para-hydroxylation sites is 2. The number of aromatic amines is 1. The van der Waals surface area contributed by atoms with Crippen molar-refractivity contribution in [2.24, 2.45) is 0 Å². The maximum Gasteiger partial charge on any atom is 0.262 e. The molecule has 1 aliphatic rings. The van der Waals surface area contributed by atoms with Gasteiger partial charge in [0.15, 0.2) is 5.16 Å². The Morgan fingerprint density at radius 1 is 1.09 bits per heavy atom. The number of carbonyl (C=O) groups excluding carboxylic acids is 1. The lowest BCUT2D eigenvalue weighted by molar-refractivity contribution is -0.129. The van der Waals surface area contributed by atoms with Gasteiger partial charge in [-0.1, -0.05) is 55.4 Å². The number of aromatic nitrogens is 5. The van der Waals surface area contributed by atoms with E-state index < -0.39 is 0 Å². The van der Waals surface area contributed by atoms with Crippen molar-refractivity contribution in [1.29, 1.82) is 0 Å². The molecule has 35 heavy (non-hydrogen) atoms. The van der Waals surface area contributed by atoms with Crippen molar-refractivity contribution >= 4 is 45.3 Å². The van der Waals surface area contributed by atoms with E-state index in [1.807, 2.05) is 45.7 Å². The van der Waals surface area contributed by atoms with Crippen LogP contribution in [0.4, 0.5) is 0 Å². The molecule has 178 valence electrons. The Morgan fingerprint density at radius 3 is 2.74 bits per heavy atom. The largest absolute Gasteiger partial charge is 0.358 e. The summed E-state index contributed by atoms with van der Waals surface area (Å²) in [5.41, 5.74) is 4.27. The molecule has 1 amide bonds. The van der Waals surface area contributed by atoms with E-state index in [0.29, 0.717) is 36.0 Å². The maximum absolute atomic E-state index is 13.2. The minimum absolute atomic E-state index is 0.0515. The van der Waals surface area contributed by atoms with E-state index >= 15 is 0 Å². The Morgan fingerprint density at radius 2 is 1.89 bits per heavy atom. The lowest BCUT2D eigenvalue weighted by atomic mass is 10.0. The molecule has 8 nitrogen and oxygen atoms in total. The van der Waals surface area contributed by atoms with Crippen LogP contribution in [0.3, 0.4) is 0 Å². The number of nitrogens with one attached hydrogen (secondary N) is 1. The fraction of sp³-hybridized carbons (Fsp3) is 0.308. The second-order valence-electron chi connectivity index (χ2n) is 8.93. The predicted molar refractivity (Wildman–Crippen MR) is 138 cm³/mol. The number of nitrogens with zero attached hydrogens (tertiary/aromatic N) is 5. The lowest BCUT2D eigenvalue weighted by Gasteiger charge is -2.27. The van der Waals surface area contributed by atoms with Crippen molar-refractivity contribution in [2.75, 3.05) is 12.3 Å².